The Morgan fingerprint density at radius 1 is 1.14 bits per heavy atom. The van der Waals surface area contributed by atoms with Crippen molar-refractivity contribution in [3.63, 3.8) is 0 Å². The summed E-state index contributed by atoms with van der Waals surface area (Å²) < 4.78 is 6.89. The lowest BCUT2D eigenvalue weighted by Gasteiger charge is -2.15. The molecule has 0 saturated carbocycles. The lowest BCUT2D eigenvalue weighted by Crippen LogP contribution is -2.31. The maximum absolute atomic E-state index is 12.2. The predicted molar refractivity (Wildman–Crippen MR) is 106 cm³/mol. The Labute approximate surface area is 163 Å². The van der Waals surface area contributed by atoms with Crippen LogP contribution in [0.4, 0.5) is 0 Å². The number of hydrogen-bond donors (Lipinski definition) is 1. The van der Waals surface area contributed by atoms with Gasteiger partial charge in [0.25, 0.3) is 5.91 Å². The topological polar surface area (TPSA) is 86.1 Å². The highest BCUT2D eigenvalue weighted by Crippen LogP contribution is 2.17. The van der Waals surface area contributed by atoms with Crippen LogP contribution in [0.1, 0.15) is 46.9 Å². The monoisotopic (exact) mass is 380 g/mol. The number of hydrogen-bond acceptors (Lipinski definition) is 5. The zero-order valence-corrected chi connectivity index (χ0v) is 16.5. The van der Waals surface area contributed by atoms with Crippen LogP contribution in [0.15, 0.2) is 36.4 Å². The first-order chi connectivity index (χ1) is 13.4. The maximum atomic E-state index is 12.2. The number of carbonyl (C=O) groups is 2. The highest BCUT2D eigenvalue weighted by Gasteiger charge is 2.15. The smallest absolute Gasteiger partial charge is 0.338 e. The molecular weight excluding hydrogens is 356 g/mol. The Hall–Kier alpha value is -3.22. The summed E-state index contributed by atoms with van der Waals surface area (Å²) in [7, 11) is 0. The van der Waals surface area contributed by atoms with Crippen LogP contribution in [0, 0.1) is 13.8 Å². The number of benzene rings is 2. The molecule has 0 fully saturated rings. The molecule has 0 bridgehead atoms. The average Bonchev–Trinajstić information content (AvgIpc) is 3.10. The molecule has 0 aliphatic rings. The molecule has 28 heavy (non-hydrogen) atoms. The minimum Gasteiger partial charge on any atom is -0.452 e. The van der Waals surface area contributed by atoms with Crippen molar-refractivity contribution in [1.29, 1.82) is 0 Å². The van der Waals surface area contributed by atoms with E-state index in [9.17, 15) is 9.59 Å². The quantitative estimate of drug-likeness (QED) is 0.664. The summed E-state index contributed by atoms with van der Waals surface area (Å²) in [6.45, 7) is 8.29. The largest absolute Gasteiger partial charge is 0.452 e. The number of ether oxygens (including phenoxy) is 1. The third kappa shape index (κ3) is 4.19. The fraction of sp³-hybridized carbons (Fsp3) is 0.333. The molecule has 0 unspecified atom stereocenters. The van der Waals surface area contributed by atoms with Crippen LogP contribution in [-0.2, 0) is 16.1 Å². The summed E-state index contributed by atoms with van der Waals surface area (Å²) in [5.74, 6) is -0.918. The van der Waals surface area contributed by atoms with Crippen molar-refractivity contribution in [2.75, 3.05) is 6.61 Å². The number of rotatable bonds is 6. The van der Waals surface area contributed by atoms with E-state index in [0.717, 1.165) is 11.1 Å². The highest BCUT2D eigenvalue weighted by molar-refractivity contribution is 5.94. The van der Waals surface area contributed by atoms with Crippen molar-refractivity contribution in [2.45, 2.75) is 40.3 Å². The summed E-state index contributed by atoms with van der Waals surface area (Å²) >= 11 is 0. The lowest BCUT2D eigenvalue weighted by atomic mass is 10.0. The molecule has 1 heterocycles. The van der Waals surface area contributed by atoms with Gasteiger partial charge in [0, 0.05) is 6.54 Å². The molecule has 2 aromatic carbocycles. The zero-order valence-electron chi connectivity index (χ0n) is 16.5. The molecule has 7 heteroatoms. The third-order valence-electron chi connectivity index (χ3n) is 4.79. The van der Waals surface area contributed by atoms with E-state index in [1.165, 1.54) is 11.1 Å². The van der Waals surface area contributed by atoms with Crippen LogP contribution in [0.25, 0.3) is 11.0 Å². The standard InChI is InChI=1S/C21H24N4O3/c1-5-25-19-9-8-17(11-18(19)23-24-25)21(27)28-12-20(26)22-15(4)16-7-6-13(2)14(3)10-16/h6-11,15H,5,12H2,1-4H3,(H,22,26)/t15-/m1/s1. The molecule has 146 valence electrons. The number of amides is 1. The van der Waals surface area contributed by atoms with Gasteiger partial charge in [-0.25, -0.2) is 9.48 Å². The van der Waals surface area contributed by atoms with Gasteiger partial charge in [-0.15, -0.1) is 5.10 Å². The Bertz CT molecular complexity index is 1030. The second kappa shape index (κ2) is 8.21. The molecule has 0 spiro atoms. The van der Waals surface area contributed by atoms with E-state index in [1.807, 2.05) is 45.9 Å². The van der Waals surface area contributed by atoms with E-state index in [2.05, 4.69) is 15.6 Å². The van der Waals surface area contributed by atoms with E-state index in [-0.39, 0.29) is 18.6 Å². The molecule has 1 N–H and O–H groups in total. The van der Waals surface area contributed by atoms with Crippen LogP contribution in [0.2, 0.25) is 0 Å². The number of aromatic nitrogens is 3. The summed E-state index contributed by atoms with van der Waals surface area (Å²) in [4.78, 5) is 24.4. The molecule has 7 nitrogen and oxygen atoms in total. The molecule has 3 aromatic rings. The lowest BCUT2D eigenvalue weighted by molar-refractivity contribution is -0.124. The van der Waals surface area contributed by atoms with Crippen LogP contribution in [0.5, 0.6) is 0 Å². The van der Waals surface area contributed by atoms with E-state index in [4.69, 9.17) is 4.74 Å². The molecule has 3 rings (SSSR count). The number of carbonyl (C=O) groups excluding carboxylic acids is 2. The maximum Gasteiger partial charge on any atom is 0.338 e. The highest BCUT2D eigenvalue weighted by atomic mass is 16.5. The van der Waals surface area contributed by atoms with Gasteiger partial charge in [-0.3, -0.25) is 4.79 Å². The molecule has 0 radical (unpaired) electrons. The van der Waals surface area contributed by atoms with Crippen molar-refractivity contribution in [3.8, 4) is 0 Å². The zero-order chi connectivity index (χ0) is 20.3. The summed E-state index contributed by atoms with van der Waals surface area (Å²) in [5.41, 5.74) is 5.17. The fourth-order valence-corrected chi connectivity index (χ4v) is 2.95. The molecule has 0 aliphatic carbocycles. The van der Waals surface area contributed by atoms with Crippen LogP contribution in [0.3, 0.4) is 0 Å². The summed E-state index contributed by atoms with van der Waals surface area (Å²) in [5, 5.41) is 10.9. The summed E-state index contributed by atoms with van der Waals surface area (Å²) in [6.07, 6.45) is 0. The second-order valence-electron chi connectivity index (χ2n) is 6.82. The first kappa shape index (κ1) is 19.5. The Morgan fingerprint density at radius 2 is 1.93 bits per heavy atom. The third-order valence-corrected chi connectivity index (χ3v) is 4.79. The second-order valence-corrected chi connectivity index (χ2v) is 6.82. The van der Waals surface area contributed by atoms with E-state index in [0.29, 0.717) is 17.6 Å². The Balaban J connectivity index is 1.57. The van der Waals surface area contributed by atoms with Gasteiger partial charge in [-0.05, 0) is 62.6 Å². The van der Waals surface area contributed by atoms with Crippen molar-refractivity contribution >= 4 is 22.9 Å². The van der Waals surface area contributed by atoms with Crippen molar-refractivity contribution in [2.24, 2.45) is 0 Å². The van der Waals surface area contributed by atoms with Crippen LogP contribution >= 0.6 is 0 Å². The van der Waals surface area contributed by atoms with Gasteiger partial charge < -0.3 is 10.1 Å². The van der Waals surface area contributed by atoms with E-state index in [1.54, 1.807) is 22.9 Å². The molecule has 0 saturated heterocycles. The van der Waals surface area contributed by atoms with Crippen molar-refractivity contribution in [1.82, 2.24) is 20.3 Å². The molecule has 1 atom stereocenters. The average molecular weight is 380 g/mol. The fourth-order valence-electron chi connectivity index (χ4n) is 2.95. The van der Waals surface area contributed by atoms with Gasteiger partial charge in [0.2, 0.25) is 0 Å². The normalized spacial score (nSPS) is 12.0. The van der Waals surface area contributed by atoms with E-state index < -0.39 is 5.97 Å². The van der Waals surface area contributed by atoms with Crippen LogP contribution in [-0.4, -0.2) is 33.5 Å². The number of aryl methyl sites for hydroxylation is 3. The van der Waals surface area contributed by atoms with Crippen molar-refractivity contribution < 1.29 is 14.3 Å². The van der Waals surface area contributed by atoms with Crippen molar-refractivity contribution in [3.05, 3.63) is 58.7 Å². The predicted octanol–water partition coefficient (Wildman–Crippen LogP) is 3.10. The first-order valence-electron chi connectivity index (χ1n) is 9.26. The number of esters is 1. The molecule has 1 amide bonds. The van der Waals surface area contributed by atoms with Gasteiger partial charge in [0.05, 0.1) is 17.1 Å². The minimum atomic E-state index is -0.568. The first-order valence-corrected chi connectivity index (χ1v) is 9.26. The summed E-state index contributed by atoms with van der Waals surface area (Å²) in [6, 6.07) is 10.9. The van der Waals surface area contributed by atoms with E-state index >= 15 is 0 Å². The van der Waals surface area contributed by atoms with Gasteiger partial charge >= 0.3 is 5.97 Å². The number of fused-ring (bicyclic) bond motifs is 1. The minimum absolute atomic E-state index is 0.175. The number of nitrogens with zero attached hydrogens (tertiary/aromatic N) is 3. The molecule has 0 aliphatic heterocycles. The van der Waals surface area contributed by atoms with Gasteiger partial charge in [0.1, 0.15) is 5.52 Å². The number of nitrogens with one attached hydrogen (secondary N) is 1. The van der Waals surface area contributed by atoms with Gasteiger partial charge in [-0.1, -0.05) is 23.4 Å². The SMILES string of the molecule is CCn1nnc2cc(C(=O)OCC(=O)N[C@H](C)c3ccc(C)c(C)c3)ccc21. The van der Waals surface area contributed by atoms with Gasteiger partial charge in [0.15, 0.2) is 6.61 Å². The molecule has 1 aromatic heterocycles. The molecular formula is C21H24N4O3. The Kier molecular flexibility index (Phi) is 5.73. The Morgan fingerprint density at radius 3 is 2.64 bits per heavy atom. The van der Waals surface area contributed by atoms with Crippen LogP contribution < -0.4 is 5.32 Å². The van der Waals surface area contributed by atoms with Gasteiger partial charge in [-0.2, -0.15) is 0 Å².